The lowest BCUT2D eigenvalue weighted by molar-refractivity contribution is 0.449. The van der Waals surface area contributed by atoms with Crippen molar-refractivity contribution in [3.05, 3.63) is 52.2 Å². The van der Waals surface area contributed by atoms with Crippen molar-refractivity contribution in [1.29, 1.82) is 0 Å². The van der Waals surface area contributed by atoms with Crippen LogP contribution in [-0.4, -0.2) is 10.2 Å². The summed E-state index contributed by atoms with van der Waals surface area (Å²) < 4.78 is 5.63. The van der Waals surface area contributed by atoms with Crippen LogP contribution in [0.3, 0.4) is 0 Å². The number of nitrogen functional groups attached to an aromatic ring is 1. The summed E-state index contributed by atoms with van der Waals surface area (Å²) in [5, 5.41) is 19.6. The number of aryl methyl sites for hydroxylation is 1. The molecule has 0 radical (unpaired) electrons. The van der Waals surface area contributed by atoms with Crippen LogP contribution < -0.4 is 11.2 Å². The quantitative estimate of drug-likeness (QED) is 0.597. The summed E-state index contributed by atoms with van der Waals surface area (Å²) in [4.78, 5) is 12.3. The number of hydrogen-bond acceptors (Lipinski definition) is 5. The van der Waals surface area contributed by atoms with Crippen LogP contribution in [0.15, 0.2) is 45.6 Å². The smallest absolute Gasteiger partial charge is 0.235 e. The fourth-order valence-corrected chi connectivity index (χ4v) is 2.27. The van der Waals surface area contributed by atoms with Crippen molar-refractivity contribution >= 4 is 16.7 Å². The van der Waals surface area contributed by atoms with Crippen LogP contribution in [0.25, 0.3) is 22.3 Å². The SMILES string of the molecule is Cc1cc(N)c2oc(-c3ccc(O)cc3)c(O)c(=O)c2c1. The maximum atomic E-state index is 12.3. The molecule has 5 heteroatoms. The number of hydrogen-bond donors (Lipinski definition) is 3. The Morgan fingerprint density at radius 3 is 2.43 bits per heavy atom. The van der Waals surface area contributed by atoms with Crippen LogP contribution in [0.1, 0.15) is 5.56 Å². The summed E-state index contributed by atoms with van der Waals surface area (Å²) in [6.45, 7) is 1.81. The molecule has 1 aromatic heterocycles. The van der Waals surface area contributed by atoms with Gasteiger partial charge in [0.2, 0.25) is 11.2 Å². The van der Waals surface area contributed by atoms with Crippen molar-refractivity contribution in [2.45, 2.75) is 6.92 Å². The molecular weight excluding hydrogens is 270 g/mol. The van der Waals surface area contributed by atoms with Gasteiger partial charge in [0.25, 0.3) is 0 Å². The Morgan fingerprint density at radius 2 is 1.76 bits per heavy atom. The molecule has 3 aromatic rings. The largest absolute Gasteiger partial charge is 0.508 e. The third kappa shape index (κ3) is 2.08. The molecule has 5 nitrogen and oxygen atoms in total. The molecular formula is C16H13NO4. The van der Waals surface area contributed by atoms with Gasteiger partial charge < -0.3 is 20.4 Å². The van der Waals surface area contributed by atoms with Crippen molar-refractivity contribution in [3.8, 4) is 22.8 Å². The van der Waals surface area contributed by atoms with Gasteiger partial charge in [-0.2, -0.15) is 0 Å². The predicted molar refractivity (Wildman–Crippen MR) is 80.4 cm³/mol. The van der Waals surface area contributed by atoms with Crippen LogP contribution in [0, 0.1) is 6.92 Å². The molecule has 0 bridgehead atoms. The fourth-order valence-electron chi connectivity index (χ4n) is 2.27. The Hall–Kier alpha value is -2.95. The van der Waals surface area contributed by atoms with Crippen LogP contribution in [0.5, 0.6) is 11.5 Å². The lowest BCUT2D eigenvalue weighted by atomic mass is 10.1. The average Bonchev–Trinajstić information content (AvgIpc) is 2.44. The molecule has 0 unspecified atom stereocenters. The van der Waals surface area contributed by atoms with E-state index in [9.17, 15) is 15.0 Å². The second kappa shape index (κ2) is 4.56. The topological polar surface area (TPSA) is 96.7 Å². The monoisotopic (exact) mass is 283 g/mol. The number of rotatable bonds is 1. The first-order valence-electron chi connectivity index (χ1n) is 6.32. The maximum absolute atomic E-state index is 12.3. The van der Waals surface area contributed by atoms with Gasteiger partial charge >= 0.3 is 0 Å². The van der Waals surface area contributed by atoms with Crippen LogP contribution in [-0.2, 0) is 0 Å². The van der Waals surface area contributed by atoms with E-state index in [1.165, 1.54) is 12.1 Å². The van der Waals surface area contributed by atoms with E-state index >= 15 is 0 Å². The van der Waals surface area contributed by atoms with Gasteiger partial charge in [-0.25, -0.2) is 0 Å². The Kier molecular flexibility index (Phi) is 2.83. The lowest BCUT2D eigenvalue weighted by Crippen LogP contribution is -2.04. The molecule has 0 atom stereocenters. The zero-order valence-electron chi connectivity index (χ0n) is 11.3. The third-order valence-electron chi connectivity index (χ3n) is 3.27. The molecule has 0 aliphatic rings. The minimum Gasteiger partial charge on any atom is -0.508 e. The summed E-state index contributed by atoms with van der Waals surface area (Å²) in [5.74, 6) is -0.363. The zero-order chi connectivity index (χ0) is 15.1. The maximum Gasteiger partial charge on any atom is 0.235 e. The van der Waals surface area contributed by atoms with Crippen LogP contribution >= 0.6 is 0 Å². The molecule has 3 rings (SSSR count). The number of benzene rings is 2. The zero-order valence-corrected chi connectivity index (χ0v) is 11.3. The van der Waals surface area contributed by atoms with Crippen LogP contribution in [0.4, 0.5) is 5.69 Å². The molecule has 0 aliphatic carbocycles. The van der Waals surface area contributed by atoms with Gasteiger partial charge in [0.05, 0.1) is 11.1 Å². The molecule has 0 spiro atoms. The standard InChI is InChI=1S/C16H13NO4/c1-8-6-11-13(19)14(20)15(21-16(11)12(17)7-8)9-2-4-10(18)5-3-9/h2-7,18,20H,17H2,1H3. The summed E-state index contributed by atoms with van der Waals surface area (Å²) in [6, 6.07) is 9.29. The van der Waals surface area contributed by atoms with Crippen LogP contribution in [0.2, 0.25) is 0 Å². The van der Waals surface area contributed by atoms with Gasteiger partial charge in [0.1, 0.15) is 5.75 Å². The summed E-state index contributed by atoms with van der Waals surface area (Å²) >= 11 is 0. The first-order chi connectivity index (χ1) is 9.97. The van der Waals surface area contributed by atoms with E-state index < -0.39 is 11.2 Å². The highest BCUT2D eigenvalue weighted by molar-refractivity contribution is 5.90. The first kappa shape index (κ1) is 13.1. The highest BCUT2D eigenvalue weighted by atomic mass is 16.4. The van der Waals surface area contributed by atoms with E-state index in [2.05, 4.69) is 0 Å². The van der Waals surface area contributed by atoms with Gasteiger partial charge in [0.15, 0.2) is 11.3 Å². The van der Waals surface area contributed by atoms with E-state index in [-0.39, 0.29) is 22.5 Å². The number of anilines is 1. The molecule has 21 heavy (non-hydrogen) atoms. The Balaban J connectivity index is 2.37. The Morgan fingerprint density at radius 1 is 1.10 bits per heavy atom. The van der Waals surface area contributed by atoms with E-state index in [1.807, 2.05) is 0 Å². The lowest BCUT2D eigenvalue weighted by Gasteiger charge is -2.08. The first-order valence-corrected chi connectivity index (χ1v) is 6.32. The molecule has 1 heterocycles. The second-order valence-corrected chi connectivity index (χ2v) is 4.89. The minimum absolute atomic E-state index is 0.0306. The predicted octanol–water partition coefficient (Wildman–Crippen LogP) is 2.76. The minimum atomic E-state index is -0.533. The van der Waals surface area contributed by atoms with E-state index in [4.69, 9.17) is 10.2 Å². The number of nitrogens with two attached hydrogens (primary N) is 1. The number of phenolic OH excluding ortho intramolecular Hbond substituents is 1. The fraction of sp³-hybridized carbons (Fsp3) is 0.0625. The van der Waals surface area contributed by atoms with Gasteiger partial charge in [-0.15, -0.1) is 0 Å². The molecule has 0 fully saturated rings. The van der Waals surface area contributed by atoms with Gasteiger partial charge in [-0.1, -0.05) is 0 Å². The molecule has 0 saturated carbocycles. The number of fused-ring (bicyclic) bond motifs is 1. The number of phenols is 1. The van der Waals surface area contributed by atoms with Crippen molar-refractivity contribution in [1.82, 2.24) is 0 Å². The highest BCUT2D eigenvalue weighted by Crippen LogP contribution is 2.33. The number of aromatic hydroxyl groups is 2. The van der Waals surface area contributed by atoms with Crippen molar-refractivity contribution in [3.63, 3.8) is 0 Å². The molecule has 2 aromatic carbocycles. The molecule has 0 saturated heterocycles. The molecule has 4 N–H and O–H groups in total. The van der Waals surface area contributed by atoms with E-state index in [0.29, 0.717) is 11.3 Å². The summed E-state index contributed by atoms with van der Waals surface area (Å²) in [6.07, 6.45) is 0. The molecule has 106 valence electrons. The second-order valence-electron chi connectivity index (χ2n) is 4.89. The van der Waals surface area contributed by atoms with E-state index in [1.54, 1.807) is 31.2 Å². The van der Waals surface area contributed by atoms with Gasteiger partial charge in [0, 0.05) is 5.56 Å². The Labute approximate surface area is 119 Å². The normalized spacial score (nSPS) is 10.9. The average molecular weight is 283 g/mol. The highest BCUT2D eigenvalue weighted by Gasteiger charge is 2.17. The summed E-state index contributed by atoms with van der Waals surface area (Å²) in [5.41, 5.74) is 7.22. The van der Waals surface area contributed by atoms with Gasteiger partial charge in [-0.05, 0) is 48.9 Å². The summed E-state index contributed by atoms with van der Waals surface area (Å²) in [7, 11) is 0. The molecule has 0 aliphatic heterocycles. The Bertz CT molecular complexity index is 895. The van der Waals surface area contributed by atoms with Gasteiger partial charge in [-0.3, -0.25) is 4.79 Å². The third-order valence-corrected chi connectivity index (χ3v) is 3.27. The molecule has 0 amide bonds. The van der Waals surface area contributed by atoms with E-state index in [0.717, 1.165) is 5.56 Å². The van der Waals surface area contributed by atoms with Crippen molar-refractivity contribution < 1.29 is 14.6 Å². The van der Waals surface area contributed by atoms with Crippen molar-refractivity contribution in [2.24, 2.45) is 0 Å². The van der Waals surface area contributed by atoms with Crippen molar-refractivity contribution in [2.75, 3.05) is 5.73 Å².